The van der Waals surface area contributed by atoms with Gasteiger partial charge in [0.1, 0.15) is 5.75 Å². The highest BCUT2D eigenvalue weighted by atomic mass is 79.9. The van der Waals surface area contributed by atoms with Gasteiger partial charge in [-0.25, -0.2) is 5.43 Å². The first-order valence-electron chi connectivity index (χ1n) is 7.36. The molecule has 2 rings (SSSR count). The Morgan fingerprint density at radius 2 is 2.00 bits per heavy atom. The summed E-state index contributed by atoms with van der Waals surface area (Å²) >= 11 is 3.33. The first kappa shape index (κ1) is 17.2. The number of carbonyl (C=O) groups excluding carboxylic acids is 1. The van der Waals surface area contributed by atoms with E-state index in [-0.39, 0.29) is 5.91 Å². The Balaban J connectivity index is 1.89. The number of nitrogens with one attached hydrogen (secondary N) is 1. The van der Waals surface area contributed by atoms with Crippen LogP contribution in [0.3, 0.4) is 0 Å². The lowest BCUT2D eigenvalue weighted by molar-refractivity contribution is 0.0955. The third-order valence-electron chi connectivity index (χ3n) is 2.93. The van der Waals surface area contributed by atoms with Crippen molar-refractivity contribution in [3.05, 3.63) is 64.1 Å². The number of amides is 1. The molecule has 0 spiro atoms. The Bertz CT molecular complexity index is 682. The van der Waals surface area contributed by atoms with Crippen LogP contribution in [0.2, 0.25) is 0 Å². The monoisotopic (exact) mass is 374 g/mol. The molecular formula is C18H19BrN2O2. The maximum atomic E-state index is 11.9. The van der Waals surface area contributed by atoms with E-state index in [1.807, 2.05) is 30.3 Å². The summed E-state index contributed by atoms with van der Waals surface area (Å²) in [4.78, 5) is 11.9. The van der Waals surface area contributed by atoms with Crippen LogP contribution in [-0.2, 0) is 0 Å². The molecule has 5 heteroatoms. The Morgan fingerprint density at radius 3 is 2.65 bits per heavy atom. The van der Waals surface area contributed by atoms with Crippen LogP contribution >= 0.6 is 15.9 Å². The molecule has 0 bridgehead atoms. The van der Waals surface area contributed by atoms with E-state index in [0.717, 1.165) is 15.8 Å². The normalized spacial score (nSPS) is 11.0. The molecule has 4 nitrogen and oxygen atoms in total. The quantitative estimate of drug-likeness (QED) is 0.606. The Labute approximate surface area is 144 Å². The van der Waals surface area contributed by atoms with Gasteiger partial charge in [-0.3, -0.25) is 4.79 Å². The van der Waals surface area contributed by atoms with Gasteiger partial charge in [-0.1, -0.05) is 35.8 Å². The molecule has 0 aliphatic rings. The van der Waals surface area contributed by atoms with Gasteiger partial charge >= 0.3 is 0 Å². The second kappa shape index (κ2) is 8.48. The van der Waals surface area contributed by atoms with Crippen molar-refractivity contribution < 1.29 is 9.53 Å². The molecule has 0 aliphatic heterocycles. The average Bonchev–Trinajstić information content (AvgIpc) is 2.54. The van der Waals surface area contributed by atoms with Crippen molar-refractivity contribution in [2.75, 3.05) is 6.61 Å². The van der Waals surface area contributed by atoms with Gasteiger partial charge in [0.05, 0.1) is 12.8 Å². The third kappa shape index (κ3) is 5.87. The maximum Gasteiger partial charge on any atom is 0.271 e. The molecular weight excluding hydrogens is 356 g/mol. The molecule has 0 fully saturated rings. The van der Waals surface area contributed by atoms with E-state index < -0.39 is 0 Å². The van der Waals surface area contributed by atoms with E-state index >= 15 is 0 Å². The van der Waals surface area contributed by atoms with E-state index in [9.17, 15) is 4.79 Å². The number of halogens is 1. The molecule has 0 radical (unpaired) electrons. The summed E-state index contributed by atoms with van der Waals surface area (Å²) in [6.45, 7) is 4.90. The second-order valence-corrected chi connectivity index (χ2v) is 6.40. The third-order valence-corrected chi connectivity index (χ3v) is 3.42. The van der Waals surface area contributed by atoms with Crippen LogP contribution in [0.4, 0.5) is 0 Å². The average molecular weight is 375 g/mol. The zero-order valence-electron chi connectivity index (χ0n) is 13.1. The van der Waals surface area contributed by atoms with Crippen LogP contribution in [-0.4, -0.2) is 18.7 Å². The first-order chi connectivity index (χ1) is 11.0. The standard InChI is InChI=1S/C18H19BrN2O2/c1-13(2)12-23-17-8-6-14(7-9-17)11-20-21-18(22)15-4-3-5-16(19)10-15/h3-11,13H,12H2,1-2H3,(H,21,22)/b20-11-. The summed E-state index contributed by atoms with van der Waals surface area (Å²) < 4.78 is 6.47. The van der Waals surface area contributed by atoms with Crippen molar-refractivity contribution in [2.45, 2.75) is 13.8 Å². The molecule has 0 unspecified atom stereocenters. The Kier molecular flexibility index (Phi) is 6.35. The lowest BCUT2D eigenvalue weighted by Crippen LogP contribution is -2.17. The van der Waals surface area contributed by atoms with Crippen LogP contribution in [0, 0.1) is 5.92 Å². The molecule has 120 valence electrons. The van der Waals surface area contributed by atoms with Crippen LogP contribution < -0.4 is 10.2 Å². The van der Waals surface area contributed by atoms with Crippen LogP contribution in [0.15, 0.2) is 58.1 Å². The van der Waals surface area contributed by atoms with Crippen molar-refractivity contribution in [3.63, 3.8) is 0 Å². The zero-order chi connectivity index (χ0) is 16.7. The topological polar surface area (TPSA) is 50.7 Å². The fourth-order valence-electron chi connectivity index (χ4n) is 1.77. The van der Waals surface area contributed by atoms with Gasteiger partial charge in [-0.15, -0.1) is 0 Å². The van der Waals surface area contributed by atoms with Gasteiger partial charge in [0.2, 0.25) is 0 Å². The largest absolute Gasteiger partial charge is 0.493 e. The van der Waals surface area contributed by atoms with Gasteiger partial charge in [0.15, 0.2) is 0 Å². The number of hydrazone groups is 1. The summed E-state index contributed by atoms with van der Waals surface area (Å²) in [7, 11) is 0. The van der Waals surface area contributed by atoms with Gasteiger partial charge in [0.25, 0.3) is 5.91 Å². The fourth-order valence-corrected chi connectivity index (χ4v) is 2.17. The Morgan fingerprint density at radius 1 is 1.26 bits per heavy atom. The van der Waals surface area contributed by atoms with Crippen molar-refractivity contribution in [2.24, 2.45) is 11.0 Å². The van der Waals surface area contributed by atoms with Crippen LogP contribution in [0.25, 0.3) is 0 Å². The molecule has 2 aromatic rings. The highest BCUT2D eigenvalue weighted by Gasteiger charge is 2.03. The number of nitrogens with zero attached hydrogens (tertiary/aromatic N) is 1. The summed E-state index contributed by atoms with van der Waals surface area (Å²) in [6.07, 6.45) is 1.60. The zero-order valence-corrected chi connectivity index (χ0v) is 14.7. The summed E-state index contributed by atoms with van der Waals surface area (Å²) in [5.74, 6) is 1.07. The van der Waals surface area contributed by atoms with Crippen molar-refractivity contribution >= 4 is 28.1 Å². The number of carbonyl (C=O) groups is 1. The number of ether oxygens (including phenoxy) is 1. The summed E-state index contributed by atoms with van der Waals surface area (Å²) in [5, 5.41) is 3.97. The van der Waals surface area contributed by atoms with E-state index in [2.05, 4.69) is 40.3 Å². The Hall–Kier alpha value is -2.14. The van der Waals surface area contributed by atoms with Crippen LogP contribution in [0.1, 0.15) is 29.8 Å². The minimum absolute atomic E-state index is 0.251. The molecule has 0 aliphatic carbocycles. The molecule has 0 atom stereocenters. The molecule has 0 saturated heterocycles. The van der Waals surface area contributed by atoms with E-state index in [0.29, 0.717) is 18.1 Å². The molecule has 1 N–H and O–H groups in total. The highest BCUT2D eigenvalue weighted by Crippen LogP contribution is 2.13. The fraction of sp³-hybridized carbons (Fsp3) is 0.222. The molecule has 0 aromatic heterocycles. The number of benzene rings is 2. The smallest absolute Gasteiger partial charge is 0.271 e. The van der Waals surface area contributed by atoms with Crippen molar-refractivity contribution in [3.8, 4) is 5.75 Å². The van der Waals surface area contributed by atoms with E-state index in [4.69, 9.17) is 4.74 Å². The van der Waals surface area contributed by atoms with Crippen LogP contribution in [0.5, 0.6) is 5.75 Å². The second-order valence-electron chi connectivity index (χ2n) is 5.48. The molecule has 0 heterocycles. The molecule has 0 saturated carbocycles. The molecule has 23 heavy (non-hydrogen) atoms. The molecule has 1 amide bonds. The first-order valence-corrected chi connectivity index (χ1v) is 8.16. The van der Waals surface area contributed by atoms with Crippen molar-refractivity contribution in [1.29, 1.82) is 0 Å². The van der Waals surface area contributed by atoms with Gasteiger partial charge in [-0.05, 0) is 53.9 Å². The van der Waals surface area contributed by atoms with Gasteiger partial charge < -0.3 is 4.74 Å². The summed E-state index contributed by atoms with van der Waals surface area (Å²) in [6, 6.07) is 14.7. The lowest BCUT2D eigenvalue weighted by atomic mass is 10.2. The van der Waals surface area contributed by atoms with Gasteiger partial charge in [-0.2, -0.15) is 5.10 Å². The number of hydrogen-bond acceptors (Lipinski definition) is 3. The number of hydrogen-bond donors (Lipinski definition) is 1. The predicted molar refractivity (Wildman–Crippen MR) is 96.0 cm³/mol. The number of rotatable bonds is 6. The SMILES string of the molecule is CC(C)COc1ccc(/C=N\NC(=O)c2cccc(Br)c2)cc1. The van der Waals surface area contributed by atoms with Gasteiger partial charge in [0, 0.05) is 10.0 Å². The van der Waals surface area contributed by atoms with E-state index in [1.54, 1.807) is 24.4 Å². The molecule has 2 aromatic carbocycles. The lowest BCUT2D eigenvalue weighted by Gasteiger charge is -2.08. The van der Waals surface area contributed by atoms with Crippen molar-refractivity contribution in [1.82, 2.24) is 5.43 Å². The summed E-state index contributed by atoms with van der Waals surface area (Å²) in [5.41, 5.74) is 3.94. The predicted octanol–water partition coefficient (Wildman–Crippen LogP) is 4.25. The minimum atomic E-state index is -0.251. The highest BCUT2D eigenvalue weighted by molar-refractivity contribution is 9.10. The minimum Gasteiger partial charge on any atom is -0.493 e. The maximum absolute atomic E-state index is 11.9. The van der Waals surface area contributed by atoms with E-state index in [1.165, 1.54) is 0 Å².